The van der Waals surface area contributed by atoms with Crippen molar-refractivity contribution >= 4 is 5.91 Å². The number of nitrogens with one attached hydrogen (secondary N) is 1. The van der Waals surface area contributed by atoms with Crippen LogP contribution in [0.4, 0.5) is 0 Å². The van der Waals surface area contributed by atoms with Gasteiger partial charge in [0.05, 0.1) is 5.56 Å². The van der Waals surface area contributed by atoms with Crippen LogP contribution in [0, 0.1) is 23.7 Å². The highest BCUT2D eigenvalue weighted by Crippen LogP contribution is 2.16. The van der Waals surface area contributed by atoms with Crippen LogP contribution >= 0.6 is 0 Å². The molecule has 0 spiro atoms. The molecule has 0 radical (unpaired) electrons. The molecule has 4 nitrogen and oxygen atoms in total. The summed E-state index contributed by atoms with van der Waals surface area (Å²) in [5.41, 5.74) is 0.405. The van der Waals surface area contributed by atoms with Gasteiger partial charge in [0.2, 0.25) is 0 Å². The normalized spacial score (nSPS) is 10.8. The van der Waals surface area contributed by atoms with Crippen LogP contribution in [0.15, 0.2) is 24.3 Å². The van der Waals surface area contributed by atoms with E-state index in [1.54, 1.807) is 24.3 Å². The summed E-state index contributed by atoms with van der Waals surface area (Å²) < 4.78 is 5.28. The second-order valence-corrected chi connectivity index (χ2v) is 3.77. The molecule has 18 heavy (non-hydrogen) atoms. The molecule has 0 aliphatic heterocycles. The molecule has 0 aromatic heterocycles. The number of terminal acetylenes is 1. The summed E-state index contributed by atoms with van der Waals surface area (Å²) in [6.45, 7) is 1.69. The minimum Gasteiger partial charge on any atom is -0.482 e. The van der Waals surface area contributed by atoms with E-state index in [0.717, 1.165) is 0 Å². The lowest BCUT2D eigenvalue weighted by molar-refractivity contribution is -0.123. The minimum atomic E-state index is -0.259. The molecule has 4 heteroatoms. The molecule has 0 saturated carbocycles. The van der Waals surface area contributed by atoms with Crippen LogP contribution in [-0.2, 0) is 4.79 Å². The van der Waals surface area contributed by atoms with E-state index >= 15 is 0 Å². The molecular formula is C14H14N2O2. The molecule has 0 saturated heterocycles. The van der Waals surface area contributed by atoms with Crippen LogP contribution in [0.2, 0.25) is 0 Å². The summed E-state index contributed by atoms with van der Waals surface area (Å²) in [4.78, 5) is 11.5. The third-order valence-electron chi connectivity index (χ3n) is 2.20. The largest absolute Gasteiger partial charge is 0.482 e. The maximum Gasteiger partial charge on any atom is 0.258 e. The van der Waals surface area contributed by atoms with E-state index in [4.69, 9.17) is 16.4 Å². The van der Waals surface area contributed by atoms with Gasteiger partial charge in [-0.3, -0.25) is 4.79 Å². The summed E-state index contributed by atoms with van der Waals surface area (Å²) >= 11 is 0. The van der Waals surface area contributed by atoms with E-state index < -0.39 is 0 Å². The van der Waals surface area contributed by atoms with Crippen LogP contribution in [0.1, 0.15) is 18.9 Å². The van der Waals surface area contributed by atoms with E-state index in [9.17, 15) is 4.79 Å². The summed E-state index contributed by atoms with van der Waals surface area (Å²) in [6.07, 6.45) is 5.61. The quantitative estimate of drug-likeness (QED) is 0.795. The zero-order chi connectivity index (χ0) is 13.4. The first-order chi connectivity index (χ1) is 8.67. The molecular weight excluding hydrogens is 228 g/mol. The van der Waals surface area contributed by atoms with E-state index in [0.29, 0.717) is 17.7 Å². The first-order valence-corrected chi connectivity index (χ1v) is 5.52. The Morgan fingerprint density at radius 3 is 2.94 bits per heavy atom. The van der Waals surface area contributed by atoms with Gasteiger partial charge in [-0.1, -0.05) is 12.1 Å². The molecule has 0 heterocycles. The number of hydrogen-bond acceptors (Lipinski definition) is 3. The highest BCUT2D eigenvalue weighted by atomic mass is 16.5. The molecule has 1 rings (SSSR count). The van der Waals surface area contributed by atoms with E-state index in [2.05, 4.69) is 11.2 Å². The van der Waals surface area contributed by atoms with Gasteiger partial charge < -0.3 is 10.1 Å². The third kappa shape index (κ3) is 4.19. The first kappa shape index (κ1) is 13.6. The monoisotopic (exact) mass is 242 g/mol. The van der Waals surface area contributed by atoms with Gasteiger partial charge in [0, 0.05) is 12.5 Å². The lowest BCUT2D eigenvalue weighted by Crippen LogP contribution is -2.35. The van der Waals surface area contributed by atoms with Crippen molar-refractivity contribution in [3.8, 4) is 24.2 Å². The predicted octanol–water partition coefficient (Wildman–Crippen LogP) is 1.47. The molecule has 1 unspecified atom stereocenters. The second kappa shape index (κ2) is 6.98. The summed E-state index contributed by atoms with van der Waals surface area (Å²) in [6, 6.07) is 8.68. The van der Waals surface area contributed by atoms with Gasteiger partial charge in [-0.15, -0.1) is 12.3 Å². The fourth-order valence-electron chi connectivity index (χ4n) is 1.37. The summed E-state index contributed by atoms with van der Waals surface area (Å²) in [7, 11) is 0. The Balaban J connectivity index is 2.48. The maximum atomic E-state index is 11.5. The Labute approximate surface area is 107 Å². The van der Waals surface area contributed by atoms with Crippen LogP contribution < -0.4 is 10.1 Å². The van der Waals surface area contributed by atoms with E-state index in [1.807, 2.05) is 13.0 Å². The SMILES string of the molecule is C#CCC(C)NC(=O)COc1ccccc1C#N. The molecule has 0 bridgehead atoms. The summed E-state index contributed by atoms with van der Waals surface area (Å²) in [5, 5.41) is 11.5. The smallest absolute Gasteiger partial charge is 0.258 e. The molecule has 1 N–H and O–H groups in total. The van der Waals surface area contributed by atoms with Crippen LogP contribution in [0.5, 0.6) is 5.75 Å². The minimum absolute atomic E-state index is 0.0858. The van der Waals surface area contributed by atoms with E-state index in [1.165, 1.54) is 0 Å². The lowest BCUT2D eigenvalue weighted by Gasteiger charge is -2.12. The highest BCUT2D eigenvalue weighted by molar-refractivity contribution is 5.77. The van der Waals surface area contributed by atoms with Gasteiger partial charge in [0.1, 0.15) is 11.8 Å². The van der Waals surface area contributed by atoms with Crippen molar-refractivity contribution in [2.24, 2.45) is 0 Å². The lowest BCUT2D eigenvalue weighted by atomic mass is 10.2. The standard InChI is InChI=1S/C14H14N2O2/c1-3-6-11(2)16-14(17)10-18-13-8-5-4-7-12(13)9-15/h1,4-5,7-8,11H,6,10H2,2H3,(H,16,17). The Bertz CT molecular complexity index is 497. The molecule has 1 aromatic rings. The van der Waals surface area contributed by atoms with Gasteiger partial charge in [0.25, 0.3) is 5.91 Å². The van der Waals surface area contributed by atoms with Crippen molar-refractivity contribution in [1.29, 1.82) is 5.26 Å². The maximum absolute atomic E-state index is 11.5. The fourth-order valence-corrected chi connectivity index (χ4v) is 1.37. The second-order valence-electron chi connectivity index (χ2n) is 3.77. The Morgan fingerprint density at radius 2 is 2.28 bits per heavy atom. The number of benzene rings is 1. The number of amides is 1. The van der Waals surface area contributed by atoms with E-state index in [-0.39, 0.29) is 18.6 Å². The number of rotatable bonds is 5. The Hall–Kier alpha value is -2.46. The average molecular weight is 242 g/mol. The number of carbonyl (C=O) groups excluding carboxylic acids is 1. The van der Waals surface area contributed by atoms with Gasteiger partial charge in [-0.05, 0) is 19.1 Å². The van der Waals surface area contributed by atoms with Crippen molar-refractivity contribution in [1.82, 2.24) is 5.32 Å². The van der Waals surface area contributed by atoms with Crippen LogP contribution in [-0.4, -0.2) is 18.6 Å². The number of para-hydroxylation sites is 1. The van der Waals surface area contributed by atoms with Crippen molar-refractivity contribution in [2.45, 2.75) is 19.4 Å². The molecule has 0 aliphatic carbocycles. The van der Waals surface area contributed by atoms with Crippen molar-refractivity contribution < 1.29 is 9.53 Å². The third-order valence-corrected chi connectivity index (χ3v) is 2.20. The Morgan fingerprint density at radius 1 is 1.56 bits per heavy atom. The predicted molar refractivity (Wildman–Crippen MR) is 67.7 cm³/mol. The molecule has 1 amide bonds. The number of nitriles is 1. The number of carbonyl (C=O) groups is 1. The summed E-state index contributed by atoms with van der Waals surface area (Å²) in [5.74, 6) is 2.61. The van der Waals surface area contributed by atoms with Crippen molar-refractivity contribution in [2.75, 3.05) is 6.61 Å². The Kier molecular flexibility index (Phi) is 5.28. The molecule has 92 valence electrons. The highest BCUT2D eigenvalue weighted by Gasteiger charge is 2.08. The van der Waals surface area contributed by atoms with Gasteiger partial charge in [-0.25, -0.2) is 0 Å². The molecule has 1 aromatic carbocycles. The molecule has 0 aliphatic rings. The number of nitrogens with zero attached hydrogens (tertiary/aromatic N) is 1. The molecule has 1 atom stereocenters. The number of hydrogen-bond donors (Lipinski definition) is 1. The van der Waals surface area contributed by atoms with Gasteiger partial charge in [-0.2, -0.15) is 5.26 Å². The number of ether oxygens (including phenoxy) is 1. The molecule has 0 fully saturated rings. The zero-order valence-electron chi connectivity index (χ0n) is 10.1. The van der Waals surface area contributed by atoms with Gasteiger partial charge in [0.15, 0.2) is 6.61 Å². The van der Waals surface area contributed by atoms with Crippen molar-refractivity contribution in [3.63, 3.8) is 0 Å². The van der Waals surface area contributed by atoms with Gasteiger partial charge >= 0.3 is 0 Å². The van der Waals surface area contributed by atoms with Crippen molar-refractivity contribution in [3.05, 3.63) is 29.8 Å². The van der Waals surface area contributed by atoms with Crippen LogP contribution in [0.3, 0.4) is 0 Å². The first-order valence-electron chi connectivity index (χ1n) is 5.52. The zero-order valence-corrected chi connectivity index (χ0v) is 10.1. The average Bonchev–Trinajstić information content (AvgIpc) is 2.37. The topological polar surface area (TPSA) is 62.1 Å². The van der Waals surface area contributed by atoms with Crippen LogP contribution in [0.25, 0.3) is 0 Å². The fraction of sp³-hybridized carbons (Fsp3) is 0.286.